The summed E-state index contributed by atoms with van der Waals surface area (Å²) >= 11 is 0. The van der Waals surface area contributed by atoms with E-state index in [2.05, 4.69) is 5.32 Å². The van der Waals surface area contributed by atoms with E-state index in [-0.39, 0.29) is 5.91 Å². The van der Waals surface area contributed by atoms with E-state index in [1.807, 2.05) is 51.1 Å². The minimum absolute atomic E-state index is 0.375. The van der Waals surface area contributed by atoms with Gasteiger partial charge in [-0.2, -0.15) is 0 Å². The molecule has 0 heterocycles. The van der Waals surface area contributed by atoms with Gasteiger partial charge in [0.1, 0.15) is 5.75 Å². The van der Waals surface area contributed by atoms with Gasteiger partial charge in [0.25, 0.3) is 5.91 Å². The van der Waals surface area contributed by atoms with Gasteiger partial charge in [-0.1, -0.05) is 35.9 Å². The van der Waals surface area contributed by atoms with Crippen molar-refractivity contribution >= 4 is 17.6 Å². The fourth-order valence-corrected chi connectivity index (χ4v) is 2.68. The number of esters is 1. The second kappa shape index (κ2) is 8.52. The van der Waals surface area contributed by atoms with E-state index in [1.54, 1.807) is 26.0 Å². The van der Waals surface area contributed by atoms with Gasteiger partial charge in [-0.3, -0.25) is 4.79 Å². The summed E-state index contributed by atoms with van der Waals surface area (Å²) in [6, 6.07) is 13.0. The van der Waals surface area contributed by atoms with Gasteiger partial charge in [0.2, 0.25) is 0 Å². The second-order valence-corrected chi connectivity index (χ2v) is 6.42. The fraction of sp³-hybridized carbons (Fsp3) is 0.333. The summed E-state index contributed by atoms with van der Waals surface area (Å²) in [5, 5.41) is 2.84. The molecule has 2 atom stereocenters. The molecular formula is C21H25NO4. The van der Waals surface area contributed by atoms with Crippen molar-refractivity contribution in [1.82, 2.24) is 0 Å². The Kier molecular flexibility index (Phi) is 6.39. The maximum Gasteiger partial charge on any atom is 0.347 e. The van der Waals surface area contributed by atoms with E-state index < -0.39 is 18.2 Å². The number of hydrogen-bond acceptors (Lipinski definition) is 4. The largest absolute Gasteiger partial charge is 0.479 e. The van der Waals surface area contributed by atoms with Crippen LogP contribution in [-0.4, -0.2) is 24.1 Å². The Balaban J connectivity index is 1.95. The van der Waals surface area contributed by atoms with Gasteiger partial charge in [-0.15, -0.1) is 0 Å². The van der Waals surface area contributed by atoms with Crippen molar-refractivity contribution in [2.24, 2.45) is 0 Å². The van der Waals surface area contributed by atoms with Crippen molar-refractivity contribution in [2.45, 2.75) is 46.8 Å². The molecule has 2 rings (SSSR count). The third-order valence-corrected chi connectivity index (χ3v) is 3.98. The van der Waals surface area contributed by atoms with Crippen molar-refractivity contribution < 1.29 is 19.1 Å². The summed E-state index contributed by atoms with van der Waals surface area (Å²) < 4.78 is 10.8. The number of amides is 1. The Hall–Kier alpha value is -2.82. The van der Waals surface area contributed by atoms with Crippen LogP contribution in [0.3, 0.4) is 0 Å². The van der Waals surface area contributed by atoms with Crippen LogP contribution in [0.1, 0.15) is 30.5 Å². The molecule has 138 valence electrons. The number of carbonyl (C=O) groups excluding carboxylic acids is 2. The lowest BCUT2D eigenvalue weighted by molar-refractivity contribution is -0.159. The molecule has 0 bridgehead atoms. The zero-order valence-corrected chi connectivity index (χ0v) is 15.8. The first-order valence-electron chi connectivity index (χ1n) is 8.59. The molecule has 0 aliphatic heterocycles. The molecule has 5 nitrogen and oxygen atoms in total. The van der Waals surface area contributed by atoms with Crippen molar-refractivity contribution in [3.63, 3.8) is 0 Å². The fourth-order valence-electron chi connectivity index (χ4n) is 2.68. The van der Waals surface area contributed by atoms with Crippen LogP contribution in [0.25, 0.3) is 0 Å². The monoisotopic (exact) mass is 355 g/mol. The molecule has 0 aromatic heterocycles. The van der Waals surface area contributed by atoms with Crippen LogP contribution in [-0.2, 0) is 14.3 Å². The van der Waals surface area contributed by atoms with Crippen molar-refractivity contribution in [2.75, 3.05) is 5.32 Å². The molecular weight excluding hydrogens is 330 g/mol. The Labute approximate surface area is 154 Å². The second-order valence-electron chi connectivity index (χ2n) is 6.42. The number of ether oxygens (including phenoxy) is 2. The molecule has 2 aromatic rings. The molecule has 2 aromatic carbocycles. The highest BCUT2D eigenvalue weighted by Gasteiger charge is 2.24. The standard InChI is InChI=1S/C21H25NO4/c1-13-11-14(2)19(15(3)12-13)22-20(23)16(4)26-21(24)17(5)25-18-9-7-6-8-10-18/h6-12,16-17H,1-5H3,(H,22,23). The number of benzene rings is 2. The van der Waals surface area contributed by atoms with Crippen LogP contribution in [0.4, 0.5) is 5.69 Å². The van der Waals surface area contributed by atoms with Crippen molar-refractivity contribution in [3.8, 4) is 5.75 Å². The lowest BCUT2D eigenvalue weighted by Crippen LogP contribution is -2.35. The predicted octanol–water partition coefficient (Wildman–Crippen LogP) is 3.95. The molecule has 0 aliphatic rings. The molecule has 0 saturated heterocycles. The third-order valence-electron chi connectivity index (χ3n) is 3.98. The van der Waals surface area contributed by atoms with Gasteiger partial charge in [-0.25, -0.2) is 4.79 Å². The molecule has 26 heavy (non-hydrogen) atoms. The van der Waals surface area contributed by atoms with Crippen LogP contribution in [0.2, 0.25) is 0 Å². The predicted molar refractivity (Wildman–Crippen MR) is 101 cm³/mol. The molecule has 2 unspecified atom stereocenters. The zero-order valence-electron chi connectivity index (χ0n) is 15.8. The molecule has 0 saturated carbocycles. The highest BCUT2D eigenvalue weighted by atomic mass is 16.6. The van der Waals surface area contributed by atoms with Crippen LogP contribution in [0.5, 0.6) is 5.75 Å². The van der Waals surface area contributed by atoms with Crippen LogP contribution < -0.4 is 10.1 Å². The minimum atomic E-state index is -0.926. The van der Waals surface area contributed by atoms with Gasteiger partial charge in [0.15, 0.2) is 12.2 Å². The number of nitrogens with one attached hydrogen (secondary N) is 1. The normalized spacial score (nSPS) is 12.8. The van der Waals surface area contributed by atoms with Gasteiger partial charge in [0, 0.05) is 5.69 Å². The maximum absolute atomic E-state index is 12.4. The highest BCUT2D eigenvalue weighted by molar-refractivity contribution is 5.96. The Morgan fingerprint density at radius 2 is 1.50 bits per heavy atom. The summed E-state index contributed by atoms with van der Waals surface area (Å²) in [4.78, 5) is 24.6. The van der Waals surface area contributed by atoms with Gasteiger partial charge in [0.05, 0.1) is 0 Å². The average Bonchev–Trinajstić information content (AvgIpc) is 2.58. The lowest BCUT2D eigenvalue weighted by atomic mass is 10.0. The maximum atomic E-state index is 12.4. The van der Waals surface area contributed by atoms with E-state index in [0.717, 1.165) is 22.4 Å². The van der Waals surface area contributed by atoms with Gasteiger partial charge >= 0.3 is 5.97 Å². The molecule has 1 amide bonds. The van der Waals surface area contributed by atoms with Crippen LogP contribution in [0.15, 0.2) is 42.5 Å². The average molecular weight is 355 g/mol. The smallest absolute Gasteiger partial charge is 0.347 e. The van der Waals surface area contributed by atoms with Crippen LogP contribution in [0, 0.1) is 20.8 Å². The number of hydrogen-bond donors (Lipinski definition) is 1. The molecule has 1 N–H and O–H groups in total. The molecule has 0 radical (unpaired) electrons. The SMILES string of the molecule is Cc1cc(C)c(NC(=O)C(C)OC(=O)C(C)Oc2ccccc2)c(C)c1. The third kappa shape index (κ3) is 5.09. The zero-order chi connectivity index (χ0) is 19.3. The summed E-state index contributed by atoms with van der Waals surface area (Å²) in [6.07, 6.45) is -1.74. The first-order chi connectivity index (χ1) is 12.3. The van der Waals surface area contributed by atoms with Crippen LogP contribution >= 0.6 is 0 Å². The summed E-state index contributed by atoms with van der Waals surface area (Å²) in [5.41, 5.74) is 3.81. The number of aryl methyl sites for hydroxylation is 3. The Bertz CT molecular complexity index is 763. The number of anilines is 1. The topological polar surface area (TPSA) is 64.6 Å². The van der Waals surface area contributed by atoms with E-state index in [4.69, 9.17) is 9.47 Å². The number of rotatable bonds is 6. The summed E-state index contributed by atoms with van der Waals surface area (Å²) in [6.45, 7) is 9.00. The van der Waals surface area contributed by atoms with Gasteiger partial charge < -0.3 is 14.8 Å². The number of para-hydroxylation sites is 1. The van der Waals surface area contributed by atoms with E-state index >= 15 is 0 Å². The molecule has 0 spiro atoms. The van der Waals surface area contributed by atoms with E-state index in [1.165, 1.54) is 0 Å². The Morgan fingerprint density at radius 3 is 2.08 bits per heavy atom. The van der Waals surface area contributed by atoms with E-state index in [0.29, 0.717) is 5.75 Å². The first kappa shape index (κ1) is 19.5. The minimum Gasteiger partial charge on any atom is -0.479 e. The quantitative estimate of drug-likeness (QED) is 0.797. The molecule has 0 fully saturated rings. The Morgan fingerprint density at radius 1 is 0.923 bits per heavy atom. The van der Waals surface area contributed by atoms with Crippen molar-refractivity contribution in [3.05, 3.63) is 59.2 Å². The molecule has 5 heteroatoms. The summed E-state index contributed by atoms with van der Waals surface area (Å²) in [5.74, 6) is -0.394. The van der Waals surface area contributed by atoms with Gasteiger partial charge in [-0.05, 0) is 57.9 Å². The highest BCUT2D eigenvalue weighted by Crippen LogP contribution is 2.22. The summed E-state index contributed by atoms with van der Waals surface area (Å²) in [7, 11) is 0. The first-order valence-corrected chi connectivity index (χ1v) is 8.59. The number of carbonyl (C=O) groups is 2. The molecule has 0 aliphatic carbocycles. The lowest BCUT2D eigenvalue weighted by Gasteiger charge is -2.19. The van der Waals surface area contributed by atoms with E-state index in [9.17, 15) is 9.59 Å². The van der Waals surface area contributed by atoms with Crippen molar-refractivity contribution in [1.29, 1.82) is 0 Å².